The lowest BCUT2D eigenvalue weighted by Crippen LogP contribution is -2.00. The molecule has 204 valence electrons. The maximum absolute atomic E-state index is 12.0. The number of carbonyl (C=O) groups is 2. The van der Waals surface area contributed by atoms with Gasteiger partial charge < -0.3 is 5.11 Å². The Kier molecular flexibility index (Phi) is 18.3. The lowest BCUT2D eigenvalue weighted by Gasteiger charge is -2.03. The molecule has 0 bridgehead atoms. The van der Waals surface area contributed by atoms with Crippen LogP contribution in [0.2, 0.25) is 0 Å². The van der Waals surface area contributed by atoms with Gasteiger partial charge in [0.05, 0.1) is 4.92 Å². The van der Waals surface area contributed by atoms with Crippen LogP contribution in [0.15, 0.2) is 54.6 Å². The van der Waals surface area contributed by atoms with Crippen molar-refractivity contribution in [1.82, 2.24) is 0 Å². The van der Waals surface area contributed by atoms with Gasteiger partial charge in [0.25, 0.3) is 5.69 Å². The Labute approximate surface area is 222 Å². The van der Waals surface area contributed by atoms with E-state index in [1.54, 1.807) is 24.3 Å². The van der Waals surface area contributed by atoms with Crippen molar-refractivity contribution in [3.63, 3.8) is 0 Å². The predicted octanol–water partition coefficient (Wildman–Crippen LogP) is 9.16. The highest BCUT2D eigenvalue weighted by Gasteiger charge is 2.10. The van der Waals surface area contributed by atoms with E-state index in [0.29, 0.717) is 17.5 Å². The summed E-state index contributed by atoms with van der Waals surface area (Å²) in [7, 11) is 0. The first-order valence-electron chi connectivity index (χ1n) is 14.0. The van der Waals surface area contributed by atoms with Gasteiger partial charge in [-0.15, -0.1) is 0 Å². The van der Waals surface area contributed by atoms with Crippen LogP contribution >= 0.6 is 0 Å². The maximum atomic E-state index is 12.0. The third-order valence-electron chi connectivity index (χ3n) is 6.37. The molecular formula is C31H45NO5. The number of nitrogens with zero attached hydrogens (tertiary/aromatic N) is 1. The normalized spacial score (nSPS) is 10.4. The Balaban J connectivity index is 0.000000373. The standard InChI is InChI=1S/C18H36O2.C13H9NO3/c1-2-3-4-5-6-7-8-9-10-11-12-13-14-15-16-17-18(19)20;15-13(10-4-2-1-3-5-10)11-6-8-12(9-7-11)14(16)17/h2-17H2,1H3,(H,19,20);1-9H. The Morgan fingerprint density at radius 2 is 1.05 bits per heavy atom. The van der Waals surface area contributed by atoms with E-state index >= 15 is 0 Å². The molecule has 0 saturated carbocycles. The fourth-order valence-electron chi connectivity index (χ4n) is 4.14. The molecule has 0 fully saturated rings. The average Bonchev–Trinajstić information content (AvgIpc) is 2.91. The first kappa shape index (κ1) is 32.0. The molecule has 0 radical (unpaired) electrons. The molecule has 2 rings (SSSR count). The molecule has 6 nitrogen and oxygen atoms in total. The van der Waals surface area contributed by atoms with Crippen molar-refractivity contribution in [3.05, 3.63) is 75.8 Å². The van der Waals surface area contributed by atoms with E-state index in [4.69, 9.17) is 5.11 Å². The van der Waals surface area contributed by atoms with Crippen molar-refractivity contribution in [1.29, 1.82) is 0 Å². The molecule has 0 heterocycles. The molecule has 0 aliphatic carbocycles. The van der Waals surface area contributed by atoms with E-state index in [0.717, 1.165) is 12.8 Å². The molecule has 0 aliphatic heterocycles. The first-order chi connectivity index (χ1) is 18.0. The van der Waals surface area contributed by atoms with Crippen molar-refractivity contribution < 1.29 is 19.6 Å². The van der Waals surface area contributed by atoms with Crippen molar-refractivity contribution >= 4 is 17.4 Å². The summed E-state index contributed by atoms with van der Waals surface area (Å²) in [6.45, 7) is 2.27. The quantitative estimate of drug-likeness (QED) is 0.0877. The Morgan fingerprint density at radius 1 is 0.649 bits per heavy atom. The number of unbranched alkanes of at least 4 members (excludes halogenated alkanes) is 14. The van der Waals surface area contributed by atoms with Gasteiger partial charge in [-0.25, -0.2) is 0 Å². The number of non-ortho nitro benzene ring substituents is 1. The number of carbonyl (C=O) groups excluding carboxylic acids is 1. The number of aliphatic carboxylic acids is 1. The van der Waals surface area contributed by atoms with Crippen LogP contribution in [0.25, 0.3) is 0 Å². The molecule has 0 amide bonds. The van der Waals surface area contributed by atoms with Crippen molar-refractivity contribution in [2.75, 3.05) is 0 Å². The fourth-order valence-corrected chi connectivity index (χ4v) is 4.14. The van der Waals surface area contributed by atoms with Gasteiger partial charge in [0.1, 0.15) is 0 Å². The molecule has 0 spiro atoms. The Morgan fingerprint density at radius 3 is 1.46 bits per heavy atom. The highest BCUT2D eigenvalue weighted by Crippen LogP contribution is 2.15. The Hall–Kier alpha value is -3.02. The van der Waals surface area contributed by atoms with Gasteiger partial charge in [-0.3, -0.25) is 19.7 Å². The summed E-state index contributed by atoms with van der Waals surface area (Å²) in [5.41, 5.74) is 0.998. The van der Waals surface area contributed by atoms with Crippen LogP contribution in [0, 0.1) is 10.1 Å². The highest BCUT2D eigenvalue weighted by atomic mass is 16.6. The zero-order chi connectivity index (χ0) is 27.1. The van der Waals surface area contributed by atoms with Gasteiger partial charge in [0, 0.05) is 29.7 Å². The number of rotatable bonds is 19. The molecule has 6 heteroatoms. The fraction of sp³-hybridized carbons (Fsp3) is 0.548. The number of hydrogen-bond donors (Lipinski definition) is 1. The molecule has 37 heavy (non-hydrogen) atoms. The lowest BCUT2D eigenvalue weighted by atomic mass is 10.0. The number of benzene rings is 2. The summed E-state index contributed by atoms with van der Waals surface area (Å²) in [5.74, 6) is -0.791. The van der Waals surface area contributed by atoms with Crippen LogP contribution in [0.3, 0.4) is 0 Å². The Bertz CT molecular complexity index is 880. The number of carboxylic acid groups (broad SMARTS) is 1. The highest BCUT2D eigenvalue weighted by molar-refractivity contribution is 6.09. The molecule has 0 aliphatic rings. The summed E-state index contributed by atoms with van der Waals surface area (Å²) in [4.78, 5) is 32.3. The lowest BCUT2D eigenvalue weighted by molar-refractivity contribution is -0.384. The smallest absolute Gasteiger partial charge is 0.303 e. The van der Waals surface area contributed by atoms with Crippen LogP contribution in [0.1, 0.15) is 126 Å². The monoisotopic (exact) mass is 511 g/mol. The number of ketones is 1. The van der Waals surface area contributed by atoms with Crippen LogP contribution < -0.4 is 0 Å². The largest absolute Gasteiger partial charge is 0.481 e. The van der Waals surface area contributed by atoms with Gasteiger partial charge in [0.15, 0.2) is 5.78 Å². The van der Waals surface area contributed by atoms with E-state index in [1.165, 1.54) is 108 Å². The summed E-state index contributed by atoms with van der Waals surface area (Å²) < 4.78 is 0. The summed E-state index contributed by atoms with van der Waals surface area (Å²) in [6.07, 6.45) is 20.2. The van der Waals surface area contributed by atoms with Gasteiger partial charge in [-0.1, -0.05) is 127 Å². The zero-order valence-corrected chi connectivity index (χ0v) is 22.5. The van der Waals surface area contributed by atoms with E-state index < -0.39 is 10.9 Å². The van der Waals surface area contributed by atoms with Crippen molar-refractivity contribution in [3.8, 4) is 0 Å². The molecule has 1 N–H and O–H groups in total. The average molecular weight is 512 g/mol. The topological polar surface area (TPSA) is 97.5 Å². The zero-order valence-electron chi connectivity index (χ0n) is 22.5. The molecule has 2 aromatic rings. The second-order valence-electron chi connectivity index (χ2n) is 9.59. The maximum Gasteiger partial charge on any atom is 0.303 e. The number of carboxylic acids is 1. The molecule has 0 saturated heterocycles. The van der Waals surface area contributed by atoms with Crippen LogP contribution in [0.5, 0.6) is 0 Å². The minimum atomic E-state index is -0.653. The second-order valence-corrected chi connectivity index (χ2v) is 9.59. The van der Waals surface area contributed by atoms with Gasteiger partial charge >= 0.3 is 5.97 Å². The number of nitro groups is 1. The van der Waals surface area contributed by atoms with Crippen LogP contribution in [-0.4, -0.2) is 21.8 Å². The first-order valence-corrected chi connectivity index (χ1v) is 14.0. The van der Waals surface area contributed by atoms with E-state index in [-0.39, 0.29) is 11.5 Å². The van der Waals surface area contributed by atoms with E-state index in [9.17, 15) is 19.7 Å². The van der Waals surface area contributed by atoms with Gasteiger partial charge in [-0.05, 0) is 18.6 Å². The number of nitro benzene ring substituents is 1. The van der Waals surface area contributed by atoms with E-state index in [1.807, 2.05) is 6.07 Å². The minimum Gasteiger partial charge on any atom is -0.481 e. The summed E-state index contributed by atoms with van der Waals surface area (Å²) >= 11 is 0. The van der Waals surface area contributed by atoms with E-state index in [2.05, 4.69) is 6.92 Å². The molecule has 2 aromatic carbocycles. The summed E-state index contributed by atoms with van der Waals surface area (Å²) in [5, 5.41) is 19.0. The molecule has 0 atom stereocenters. The van der Waals surface area contributed by atoms with Gasteiger partial charge in [-0.2, -0.15) is 0 Å². The third kappa shape index (κ3) is 16.4. The molecule has 0 unspecified atom stereocenters. The molecule has 0 aromatic heterocycles. The van der Waals surface area contributed by atoms with Gasteiger partial charge in [0.2, 0.25) is 0 Å². The predicted molar refractivity (Wildman–Crippen MR) is 150 cm³/mol. The second kappa shape index (κ2) is 21.1. The number of hydrogen-bond acceptors (Lipinski definition) is 4. The summed E-state index contributed by atoms with van der Waals surface area (Å²) in [6, 6.07) is 14.4. The van der Waals surface area contributed by atoms with Crippen molar-refractivity contribution in [2.24, 2.45) is 0 Å². The SMILES string of the molecule is CCCCCCCCCCCCCCCCCC(=O)O.O=C(c1ccccc1)c1ccc([N+](=O)[O-])cc1. The van der Waals surface area contributed by atoms with Crippen LogP contribution in [0.4, 0.5) is 5.69 Å². The minimum absolute atomic E-state index is 0.0189. The molecular weight excluding hydrogens is 466 g/mol. The third-order valence-corrected chi connectivity index (χ3v) is 6.37. The van der Waals surface area contributed by atoms with Crippen molar-refractivity contribution in [2.45, 2.75) is 110 Å². The van der Waals surface area contributed by atoms with Crippen LogP contribution in [-0.2, 0) is 4.79 Å².